The first-order valence-electron chi connectivity index (χ1n) is 4.72. The van der Waals surface area contributed by atoms with Crippen LogP contribution in [0.2, 0.25) is 0 Å². The molecule has 0 amide bonds. The summed E-state index contributed by atoms with van der Waals surface area (Å²) in [5.41, 5.74) is 1.31. The highest BCUT2D eigenvalue weighted by atomic mass is 16.4. The van der Waals surface area contributed by atoms with Gasteiger partial charge in [0.25, 0.3) is 0 Å². The summed E-state index contributed by atoms with van der Waals surface area (Å²) in [6, 6.07) is 1.85. The Labute approximate surface area is 77.5 Å². The molecule has 0 spiro atoms. The second-order valence-corrected chi connectivity index (χ2v) is 3.60. The topological polar surface area (TPSA) is 53.6 Å². The Balaban J connectivity index is 2.23. The third-order valence-corrected chi connectivity index (χ3v) is 2.76. The van der Waals surface area contributed by atoms with Crippen molar-refractivity contribution in [1.82, 2.24) is 0 Å². The Morgan fingerprint density at radius 1 is 1.31 bits per heavy atom. The number of hydrogen-bond donors (Lipinski definition) is 2. The lowest BCUT2D eigenvalue weighted by Gasteiger charge is -2.08. The van der Waals surface area contributed by atoms with Gasteiger partial charge in [-0.3, -0.25) is 0 Å². The number of furan rings is 1. The third-order valence-electron chi connectivity index (χ3n) is 2.76. The largest absolute Gasteiger partial charge is 0.526 e. The average molecular weight is 180 g/mol. The van der Waals surface area contributed by atoms with E-state index in [0.29, 0.717) is 11.6 Å². The molecular weight excluding hydrogens is 167 g/mol. The van der Waals surface area contributed by atoms with Gasteiger partial charge in [-0.2, -0.15) is 0 Å². The highest BCUT2D eigenvalue weighted by Gasteiger charge is 2.27. The van der Waals surface area contributed by atoms with Gasteiger partial charge < -0.3 is 14.5 Å². The van der Waals surface area contributed by atoms with Gasteiger partial charge in [0, 0.05) is 0 Å². The minimum absolute atomic E-state index is 0.326. The fourth-order valence-corrected chi connectivity index (χ4v) is 2.11. The summed E-state index contributed by atoms with van der Waals surface area (Å²) < 4.78 is 5.04. The van der Waals surface area contributed by atoms with Crippen LogP contribution in [0.15, 0.2) is 16.7 Å². The molecule has 13 heavy (non-hydrogen) atoms. The highest BCUT2D eigenvalue weighted by Crippen LogP contribution is 2.33. The van der Waals surface area contributed by atoms with Crippen LogP contribution in [0.4, 0.5) is 0 Å². The molecule has 1 aliphatic carbocycles. The zero-order chi connectivity index (χ0) is 9.26. The molecule has 1 aromatic heterocycles. The van der Waals surface area contributed by atoms with Crippen LogP contribution in [0.5, 0.6) is 0 Å². The van der Waals surface area contributed by atoms with Crippen molar-refractivity contribution >= 4 is 12.8 Å². The molecule has 1 fully saturated rings. The van der Waals surface area contributed by atoms with Gasteiger partial charge in [0.2, 0.25) is 0 Å². The molecule has 1 aromatic rings. The molecule has 70 valence electrons. The van der Waals surface area contributed by atoms with Gasteiger partial charge in [0.15, 0.2) is 0 Å². The van der Waals surface area contributed by atoms with E-state index in [1.54, 1.807) is 0 Å². The number of rotatable bonds is 2. The molecule has 0 atom stereocenters. The Bertz CT molecular complexity index is 276. The summed E-state index contributed by atoms with van der Waals surface area (Å²) in [5.74, 6) is 0.468. The smallest absolute Gasteiger partial charge is 0.473 e. The van der Waals surface area contributed by atoms with Gasteiger partial charge in [-0.25, -0.2) is 0 Å². The van der Waals surface area contributed by atoms with Gasteiger partial charge in [-0.05, 0) is 30.4 Å². The van der Waals surface area contributed by atoms with E-state index in [9.17, 15) is 0 Å². The van der Waals surface area contributed by atoms with Crippen molar-refractivity contribution in [2.45, 2.75) is 31.6 Å². The van der Waals surface area contributed by atoms with E-state index in [-0.39, 0.29) is 0 Å². The van der Waals surface area contributed by atoms with Crippen LogP contribution in [0, 0.1) is 0 Å². The summed E-state index contributed by atoms with van der Waals surface area (Å²) in [5, 5.41) is 18.0. The zero-order valence-corrected chi connectivity index (χ0v) is 7.44. The van der Waals surface area contributed by atoms with Crippen LogP contribution in [-0.4, -0.2) is 17.2 Å². The minimum Gasteiger partial charge on any atom is -0.473 e. The van der Waals surface area contributed by atoms with E-state index in [1.807, 2.05) is 6.07 Å². The Morgan fingerprint density at radius 3 is 2.62 bits per heavy atom. The maximum absolute atomic E-state index is 9.02. The van der Waals surface area contributed by atoms with Crippen molar-refractivity contribution in [3.63, 3.8) is 0 Å². The molecule has 3 nitrogen and oxygen atoms in total. The molecule has 0 radical (unpaired) electrons. The second-order valence-electron chi connectivity index (χ2n) is 3.60. The van der Waals surface area contributed by atoms with Crippen LogP contribution < -0.4 is 5.66 Å². The van der Waals surface area contributed by atoms with Gasteiger partial charge in [0.05, 0.1) is 6.26 Å². The summed E-state index contributed by atoms with van der Waals surface area (Å²) in [7, 11) is -1.47. The monoisotopic (exact) mass is 180 g/mol. The van der Waals surface area contributed by atoms with Crippen molar-refractivity contribution in [1.29, 1.82) is 0 Å². The highest BCUT2D eigenvalue weighted by molar-refractivity contribution is 6.57. The lowest BCUT2D eigenvalue weighted by atomic mass is 9.80. The van der Waals surface area contributed by atoms with Gasteiger partial charge >= 0.3 is 7.12 Å². The molecule has 4 heteroatoms. The van der Waals surface area contributed by atoms with Gasteiger partial charge in [-0.1, -0.05) is 12.8 Å². The molecule has 0 aromatic carbocycles. The van der Waals surface area contributed by atoms with Crippen molar-refractivity contribution in [2.24, 2.45) is 0 Å². The van der Waals surface area contributed by atoms with E-state index in [4.69, 9.17) is 14.5 Å². The summed E-state index contributed by atoms with van der Waals surface area (Å²) >= 11 is 0. The molecular formula is C9H13BO3. The van der Waals surface area contributed by atoms with E-state index in [0.717, 1.165) is 18.4 Å². The van der Waals surface area contributed by atoms with Gasteiger partial charge in [0.1, 0.15) is 5.66 Å². The molecule has 0 unspecified atom stereocenters. The normalized spacial score (nSPS) is 18.0. The molecule has 0 bridgehead atoms. The first-order chi connectivity index (χ1) is 6.29. The van der Waals surface area contributed by atoms with Crippen molar-refractivity contribution in [2.75, 3.05) is 0 Å². The fraction of sp³-hybridized carbons (Fsp3) is 0.556. The predicted octanol–water partition coefficient (Wildman–Crippen LogP) is 0.617. The Morgan fingerprint density at radius 2 is 2.00 bits per heavy atom. The molecule has 2 rings (SSSR count). The standard InChI is InChI=1S/C9H13BO3/c11-10(12)9-8(5-6-13-9)7-3-1-2-4-7/h5-7,11-12H,1-4H2. The van der Waals surface area contributed by atoms with Crippen molar-refractivity contribution in [3.05, 3.63) is 17.9 Å². The van der Waals surface area contributed by atoms with E-state index >= 15 is 0 Å². The molecule has 1 saturated carbocycles. The quantitative estimate of drug-likeness (QED) is 0.655. The van der Waals surface area contributed by atoms with Crippen LogP contribution >= 0.6 is 0 Å². The number of hydrogen-bond acceptors (Lipinski definition) is 3. The predicted molar refractivity (Wildman–Crippen MR) is 49.7 cm³/mol. The molecule has 0 aliphatic heterocycles. The van der Waals surface area contributed by atoms with E-state index < -0.39 is 7.12 Å². The minimum atomic E-state index is -1.47. The van der Waals surface area contributed by atoms with Gasteiger partial charge in [-0.15, -0.1) is 0 Å². The molecule has 0 saturated heterocycles. The third kappa shape index (κ3) is 1.64. The van der Waals surface area contributed by atoms with Crippen LogP contribution in [0.25, 0.3) is 0 Å². The van der Waals surface area contributed by atoms with Crippen molar-refractivity contribution in [3.8, 4) is 0 Å². The van der Waals surface area contributed by atoms with Crippen LogP contribution in [0.3, 0.4) is 0 Å². The first kappa shape index (κ1) is 8.85. The lowest BCUT2D eigenvalue weighted by Crippen LogP contribution is -2.31. The summed E-state index contributed by atoms with van der Waals surface area (Å²) in [6.07, 6.45) is 6.27. The summed E-state index contributed by atoms with van der Waals surface area (Å²) in [4.78, 5) is 0. The first-order valence-corrected chi connectivity index (χ1v) is 4.72. The second kappa shape index (κ2) is 3.56. The Kier molecular flexibility index (Phi) is 2.42. The summed E-state index contributed by atoms with van der Waals surface area (Å²) in [6.45, 7) is 0. The zero-order valence-electron chi connectivity index (χ0n) is 7.44. The Hall–Kier alpha value is -0.735. The van der Waals surface area contributed by atoms with Crippen LogP contribution in [0.1, 0.15) is 37.2 Å². The SMILES string of the molecule is OB(O)c1occc1C1CCCC1. The van der Waals surface area contributed by atoms with E-state index in [2.05, 4.69) is 0 Å². The lowest BCUT2D eigenvalue weighted by molar-refractivity contribution is 0.408. The maximum Gasteiger partial charge on any atom is 0.526 e. The van der Waals surface area contributed by atoms with Crippen LogP contribution in [-0.2, 0) is 0 Å². The molecule has 1 heterocycles. The van der Waals surface area contributed by atoms with Crippen molar-refractivity contribution < 1.29 is 14.5 Å². The fourth-order valence-electron chi connectivity index (χ4n) is 2.11. The molecule has 2 N–H and O–H groups in total. The molecule has 1 aliphatic rings. The van der Waals surface area contributed by atoms with E-state index in [1.165, 1.54) is 19.1 Å². The average Bonchev–Trinajstić information content (AvgIpc) is 2.74. The maximum atomic E-state index is 9.02.